The zero-order chi connectivity index (χ0) is 13.5. The number of ether oxygens (including phenoxy) is 2. The topological polar surface area (TPSA) is 33.7 Å². The smallest absolute Gasteiger partial charge is 0.124 e. The maximum atomic E-state index is 5.43. The second-order valence-electron chi connectivity index (χ2n) is 4.92. The van der Waals surface area contributed by atoms with Gasteiger partial charge in [0.25, 0.3) is 0 Å². The van der Waals surface area contributed by atoms with Crippen LogP contribution in [0.1, 0.15) is 11.1 Å². The Labute approximate surface area is 115 Å². The molecule has 0 atom stereocenters. The fraction of sp³-hybridized carbons (Fsp3) is 0.600. The van der Waals surface area contributed by atoms with Crippen molar-refractivity contribution < 1.29 is 9.47 Å². The number of hydrogen-bond acceptors (Lipinski definition) is 4. The van der Waals surface area contributed by atoms with Crippen LogP contribution in [0.5, 0.6) is 5.75 Å². The molecule has 0 spiro atoms. The second-order valence-corrected chi connectivity index (χ2v) is 4.92. The third-order valence-corrected chi connectivity index (χ3v) is 3.58. The summed E-state index contributed by atoms with van der Waals surface area (Å²) >= 11 is 0. The average molecular weight is 264 g/mol. The van der Waals surface area contributed by atoms with Gasteiger partial charge in [0.1, 0.15) is 5.75 Å². The highest BCUT2D eigenvalue weighted by Crippen LogP contribution is 2.21. The fourth-order valence-electron chi connectivity index (χ4n) is 2.44. The molecule has 1 fully saturated rings. The number of piperazine rings is 1. The van der Waals surface area contributed by atoms with Crippen molar-refractivity contribution in [1.29, 1.82) is 0 Å². The summed E-state index contributed by atoms with van der Waals surface area (Å²) in [5.74, 6) is 0.930. The second kappa shape index (κ2) is 7.48. The van der Waals surface area contributed by atoms with Crippen LogP contribution < -0.4 is 10.1 Å². The minimum absolute atomic E-state index is 0.598. The van der Waals surface area contributed by atoms with Crippen molar-refractivity contribution in [2.45, 2.75) is 13.0 Å². The first-order valence-electron chi connectivity index (χ1n) is 6.91. The van der Waals surface area contributed by atoms with Crippen molar-refractivity contribution in [2.75, 3.05) is 46.9 Å². The first-order chi connectivity index (χ1) is 9.33. The van der Waals surface area contributed by atoms with Crippen LogP contribution in [0.25, 0.3) is 0 Å². The van der Waals surface area contributed by atoms with Crippen LogP contribution in [0.3, 0.4) is 0 Å². The van der Waals surface area contributed by atoms with Crippen molar-refractivity contribution in [1.82, 2.24) is 10.2 Å². The van der Waals surface area contributed by atoms with Gasteiger partial charge in [0, 0.05) is 45.4 Å². The summed E-state index contributed by atoms with van der Waals surface area (Å²) in [5, 5.41) is 3.38. The molecule has 1 N–H and O–H groups in total. The molecule has 0 aliphatic carbocycles. The summed E-state index contributed by atoms with van der Waals surface area (Å²) in [6.07, 6.45) is 1.07. The number of rotatable bonds is 6. The molecule has 0 unspecified atom stereocenters. The van der Waals surface area contributed by atoms with E-state index in [-0.39, 0.29) is 0 Å². The van der Waals surface area contributed by atoms with Crippen molar-refractivity contribution in [3.05, 3.63) is 29.3 Å². The third kappa shape index (κ3) is 4.20. The summed E-state index contributed by atoms with van der Waals surface area (Å²) in [7, 11) is 3.42. The van der Waals surface area contributed by atoms with Crippen LogP contribution in [-0.4, -0.2) is 51.8 Å². The predicted octanol–water partition coefficient (Wildman–Crippen LogP) is 1.29. The van der Waals surface area contributed by atoms with Gasteiger partial charge in [-0.25, -0.2) is 0 Å². The zero-order valence-electron chi connectivity index (χ0n) is 11.9. The molecule has 0 bridgehead atoms. The van der Waals surface area contributed by atoms with Crippen molar-refractivity contribution in [3.8, 4) is 5.75 Å². The van der Waals surface area contributed by atoms with E-state index in [1.54, 1.807) is 14.2 Å². The van der Waals surface area contributed by atoms with E-state index in [0.29, 0.717) is 6.61 Å². The van der Waals surface area contributed by atoms with Crippen LogP contribution in [0.15, 0.2) is 18.2 Å². The molecule has 1 aromatic rings. The van der Waals surface area contributed by atoms with Crippen LogP contribution in [-0.2, 0) is 17.8 Å². The van der Waals surface area contributed by atoms with Crippen molar-refractivity contribution >= 4 is 0 Å². The van der Waals surface area contributed by atoms with Gasteiger partial charge < -0.3 is 19.7 Å². The number of methoxy groups -OCH3 is 2. The lowest BCUT2D eigenvalue weighted by molar-refractivity contribution is 0.181. The monoisotopic (exact) mass is 264 g/mol. The molecule has 106 valence electrons. The average Bonchev–Trinajstić information content (AvgIpc) is 2.47. The Balaban J connectivity index is 1.92. The Hall–Kier alpha value is -1.10. The van der Waals surface area contributed by atoms with Crippen LogP contribution >= 0.6 is 0 Å². The summed E-state index contributed by atoms with van der Waals surface area (Å²) < 4.78 is 10.6. The third-order valence-electron chi connectivity index (χ3n) is 3.58. The number of benzene rings is 1. The Morgan fingerprint density at radius 1 is 1.21 bits per heavy atom. The van der Waals surface area contributed by atoms with E-state index >= 15 is 0 Å². The van der Waals surface area contributed by atoms with Gasteiger partial charge in [0.2, 0.25) is 0 Å². The lowest BCUT2D eigenvalue weighted by Crippen LogP contribution is -2.44. The van der Waals surface area contributed by atoms with E-state index in [2.05, 4.69) is 28.4 Å². The van der Waals surface area contributed by atoms with E-state index in [9.17, 15) is 0 Å². The summed E-state index contributed by atoms with van der Waals surface area (Å²) in [6.45, 7) is 6.24. The highest BCUT2D eigenvalue weighted by molar-refractivity contribution is 5.37. The Kier molecular flexibility index (Phi) is 5.63. The van der Waals surface area contributed by atoms with Gasteiger partial charge in [-0.05, 0) is 18.1 Å². The molecular formula is C15H24N2O2. The standard InChI is InChI=1S/C15H24N2O2/c1-18-12-14-4-3-13(11-15(14)19-2)5-8-17-9-6-16-7-10-17/h3-4,11,16H,5-10,12H2,1-2H3. The fourth-order valence-corrected chi connectivity index (χ4v) is 2.44. The van der Waals surface area contributed by atoms with Crippen molar-refractivity contribution in [3.63, 3.8) is 0 Å². The minimum Gasteiger partial charge on any atom is -0.496 e. The zero-order valence-corrected chi connectivity index (χ0v) is 11.9. The van der Waals surface area contributed by atoms with E-state index in [1.807, 2.05) is 0 Å². The molecule has 4 heteroatoms. The van der Waals surface area contributed by atoms with Gasteiger partial charge in [-0.15, -0.1) is 0 Å². The molecule has 0 saturated carbocycles. The van der Waals surface area contributed by atoms with Gasteiger partial charge in [0.15, 0.2) is 0 Å². The van der Waals surface area contributed by atoms with Crippen LogP contribution in [0.4, 0.5) is 0 Å². The lowest BCUT2D eigenvalue weighted by Gasteiger charge is -2.27. The molecule has 0 amide bonds. The normalized spacial score (nSPS) is 16.5. The molecule has 2 rings (SSSR count). The molecule has 19 heavy (non-hydrogen) atoms. The Morgan fingerprint density at radius 3 is 2.68 bits per heavy atom. The molecule has 1 aliphatic heterocycles. The van der Waals surface area contributed by atoms with Crippen molar-refractivity contribution in [2.24, 2.45) is 0 Å². The minimum atomic E-state index is 0.598. The van der Waals surface area contributed by atoms with Gasteiger partial charge in [-0.1, -0.05) is 12.1 Å². The number of hydrogen-bond donors (Lipinski definition) is 1. The molecule has 1 saturated heterocycles. The van der Waals surface area contributed by atoms with Crippen LogP contribution in [0.2, 0.25) is 0 Å². The maximum Gasteiger partial charge on any atom is 0.124 e. The first kappa shape index (κ1) is 14.3. The van der Waals surface area contributed by atoms with Gasteiger partial charge >= 0.3 is 0 Å². The Morgan fingerprint density at radius 2 is 2.00 bits per heavy atom. The van der Waals surface area contributed by atoms with Gasteiger partial charge in [0.05, 0.1) is 13.7 Å². The largest absolute Gasteiger partial charge is 0.496 e. The summed E-state index contributed by atoms with van der Waals surface area (Å²) in [5.41, 5.74) is 2.44. The number of nitrogens with zero attached hydrogens (tertiary/aromatic N) is 1. The highest BCUT2D eigenvalue weighted by atomic mass is 16.5. The van der Waals surface area contributed by atoms with Gasteiger partial charge in [-0.3, -0.25) is 0 Å². The maximum absolute atomic E-state index is 5.43. The first-order valence-corrected chi connectivity index (χ1v) is 6.91. The van der Waals surface area contributed by atoms with E-state index < -0.39 is 0 Å². The lowest BCUT2D eigenvalue weighted by atomic mass is 10.1. The Bertz CT molecular complexity index is 390. The van der Waals surface area contributed by atoms with E-state index in [1.165, 1.54) is 5.56 Å². The molecule has 1 aliphatic rings. The van der Waals surface area contributed by atoms with Gasteiger partial charge in [-0.2, -0.15) is 0 Å². The van der Waals surface area contributed by atoms with E-state index in [0.717, 1.165) is 50.5 Å². The van der Waals surface area contributed by atoms with Crippen LogP contribution in [0, 0.1) is 0 Å². The van der Waals surface area contributed by atoms with E-state index in [4.69, 9.17) is 9.47 Å². The highest BCUT2D eigenvalue weighted by Gasteiger charge is 2.10. The predicted molar refractivity (Wildman–Crippen MR) is 76.7 cm³/mol. The molecule has 1 aromatic carbocycles. The molecule has 0 radical (unpaired) electrons. The molecular weight excluding hydrogens is 240 g/mol. The quantitative estimate of drug-likeness (QED) is 0.839. The summed E-state index contributed by atoms with van der Waals surface area (Å²) in [6, 6.07) is 6.42. The number of nitrogens with one attached hydrogen (secondary N) is 1. The molecule has 4 nitrogen and oxygen atoms in total. The summed E-state index contributed by atoms with van der Waals surface area (Å²) in [4.78, 5) is 2.51. The molecule has 0 aromatic heterocycles. The molecule has 1 heterocycles. The SMILES string of the molecule is COCc1ccc(CCN2CCNCC2)cc1OC.